The van der Waals surface area contributed by atoms with Crippen LogP contribution in [-0.4, -0.2) is 50.1 Å². The molecule has 1 aliphatic heterocycles. The molecule has 0 saturated carbocycles. The van der Waals surface area contributed by atoms with Crippen LogP contribution in [0.2, 0.25) is 0 Å². The molecule has 0 aromatic heterocycles. The van der Waals surface area contributed by atoms with Crippen molar-refractivity contribution in [2.24, 2.45) is 4.99 Å². The number of amides is 1. The molecule has 22 heavy (non-hydrogen) atoms. The highest BCUT2D eigenvalue weighted by Crippen LogP contribution is 2.27. The number of guanidine groups is 1. The van der Waals surface area contributed by atoms with E-state index in [2.05, 4.69) is 27.9 Å². The number of para-hydroxylation sites is 1. The van der Waals surface area contributed by atoms with E-state index in [0.717, 1.165) is 37.5 Å². The maximum Gasteiger partial charge on any atom is 0.248 e. The van der Waals surface area contributed by atoms with Crippen LogP contribution in [0.1, 0.15) is 12.5 Å². The highest BCUT2D eigenvalue weighted by atomic mass is 32.2. The van der Waals surface area contributed by atoms with Crippen molar-refractivity contribution in [3.63, 3.8) is 0 Å². The average molecular weight is 320 g/mol. The van der Waals surface area contributed by atoms with E-state index in [1.807, 2.05) is 30.0 Å². The van der Waals surface area contributed by atoms with Gasteiger partial charge in [0.15, 0.2) is 5.96 Å². The van der Waals surface area contributed by atoms with Gasteiger partial charge in [0.25, 0.3) is 0 Å². The first-order valence-electron chi connectivity index (χ1n) is 7.65. The van der Waals surface area contributed by atoms with Gasteiger partial charge >= 0.3 is 0 Å². The van der Waals surface area contributed by atoms with Gasteiger partial charge in [-0.25, -0.2) is 4.99 Å². The summed E-state index contributed by atoms with van der Waals surface area (Å²) in [6.45, 7) is 4.57. The highest BCUT2D eigenvalue weighted by Gasteiger charge is 2.23. The van der Waals surface area contributed by atoms with E-state index in [-0.39, 0.29) is 12.5 Å². The van der Waals surface area contributed by atoms with Gasteiger partial charge in [0, 0.05) is 31.1 Å². The number of nitrogens with one attached hydrogen (secondary N) is 2. The molecule has 1 heterocycles. The average Bonchev–Trinajstić information content (AvgIpc) is 2.96. The maximum atomic E-state index is 12.4. The van der Waals surface area contributed by atoms with Crippen LogP contribution in [0.5, 0.6) is 0 Å². The smallest absolute Gasteiger partial charge is 0.248 e. The second-order valence-electron chi connectivity index (χ2n) is 5.04. The van der Waals surface area contributed by atoms with Crippen molar-refractivity contribution in [2.45, 2.75) is 13.3 Å². The zero-order valence-corrected chi connectivity index (χ0v) is 14.1. The largest absolute Gasteiger partial charge is 0.357 e. The van der Waals surface area contributed by atoms with E-state index in [4.69, 9.17) is 0 Å². The molecule has 0 radical (unpaired) electrons. The first-order chi connectivity index (χ1) is 10.8. The number of hydrogen-bond donors (Lipinski definition) is 2. The van der Waals surface area contributed by atoms with Crippen molar-refractivity contribution in [1.82, 2.24) is 10.6 Å². The van der Waals surface area contributed by atoms with Crippen LogP contribution in [0.15, 0.2) is 29.3 Å². The molecule has 1 aliphatic rings. The topological polar surface area (TPSA) is 56.7 Å². The monoisotopic (exact) mass is 320 g/mol. The van der Waals surface area contributed by atoms with Gasteiger partial charge in [0.05, 0.1) is 0 Å². The molecular formula is C16H24N4OS. The number of fused-ring (bicyclic) bond motifs is 1. The summed E-state index contributed by atoms with van der Waals surface area (Å²) in [7, 11) is 0. The lowest BCUT2D eigenvalue weighted by Gasteiger charge is -2.17. The molecule has 0 atom stereocenters. The molecule has 2 N–H and O–H groups in total. The molecule has 0 fully saturated rings. The third kappa shape index (κ3) is 4.40. The second kappa shape index (κ2) is 8.68. The van der Waals surface area contributed by atoms with E-state index in [1.54, 1.807) is 11.8 Å². The molecule has 120 valence electrons. The van der Waals surface area contributed by atoms with Crippen LogP contribution in [-0.2, 0) is 11.2 Å². The Morgan fingerprint density at radius 2 is 2.18 bits per heavy atom. The van der Waals surface area contributed by atoms with Crippen LogP contribution < -0.4 is 15.5 Å². The minimum absolute atomic E-state index is 0.0482. The number of thioether (sulfide) groups is 1. The predicted octanol–water partition coefficient (Wildman–Crippen LogP) is 1.49. The maximum absolute atomic E-state index is 12.4. The zero-order chi connectivity index (χ0) is 15.8. The summed E-state index contributed by atoms with van der Waals surface area (Å²) < 4.78 is 0. The molecule has 0 aliphatic carbocycles. The highest BCUT2D eigenvalue weighted by molar-refractivity contribution is 7.98. The third-order valence-corrected chi connectivity index (χ3v) is 4.12. The minimum Gasteiger partial charge on any atom is -0.357 e. The molecule has 6 heteroatoms. The lowest BCUT2D eigenvalue weighted by atomic mass is 10.2. The summed E-state index contributed by atoms with van der Waals surface area (Å²) in [4.78, 5) is 18.6. The molecule has 0 unspecified atom stereocenters. The van der Waals surface area contributed by atoms with Crippen LogP contribution in [0.25, 0.3) is 0 Å². The molecule has 5 nitrogen and oxygen atoms in total. The molecule has 1 amide bonds. The van der Waals surface area contributed by atoms with Gasteiger partial charge in [0.1, 0.15) is 6.54 Å². The van der Waals surface area contributed by atoms with Crippen LogP contribution in [0, 0.1) is 0 Å². The number of hydrogen-bond acceptors (Lipinski definition) is 3. The van der Waals surface area contributed by atoms with Crippen LogP contribution >= 0.6 is 11.8 Å². The number of anilines is 1. The molecular weight excluding hydrogens is 296 g/mol. The molecule has 0 bridgehead atoms. The molecule has 1 aromatic carbocycles. The summed E-state index contributed by atoms with van der Waals surface area (Å²) in [5.74, 6) is 1.77. The number of carbonyl (C=O) groups is 1. The Hall–Kier alpha value is -1.69. The van der Waals surface area contributed by atoms with Crippen LogP contribution in [0.4, 0.5) is 5.69 Å². The number of carbonyl (C=O) groups excluding carboxylic acids is 1. The number of aliphatic imine (C=N–C) groups is 1. The van der Waals surface area contributed by atoms with E-state index in [1.165, 1.54) is 5.56 Å². The number of nitrogens with zero attached hydrogens (tertiary/aromatic N) is 2. The zero-order valence-electron chi connectivity index (χ0n) is 13.3. The van der Waals surface area contributed by atoms with Gasteiger partial charge in [0.2, 0.25) is 5.91 Å². The summed E-state index contributed by atoms with van der Waals surface area (Å²) in [5, 5.41) is 6.40. The van der Waals surface area contributed by atoms with Crippen molar-refractivity contribution in [2.75, 3.05) is 43.1 Å². The third-order valence-electron chi connectivity index (χ3n) is 3.50. The van der Waals surface area contributed by atoms with Crippen molar-refractivity contribution < 1.29 is 4.79 Å². The summed E-state index contributed by atoms with van der Waals surface area (Å²) in [6, 6.07) is 8.08. The van der Waals surface area contributed by atoms with Crippen molar-refractivity contribution >= 4 is 29.3 Å². The number of benzene rings is 1. The molecule has 2 rings (SSSR count). The fraction of sp³-hybridized carbons (Fsp3) is 0.500. The van der Waals surface area contributed by atoms with Gasteiger partial charge in [-0.15, -0.1) is 0 Å². The Labute approximate surface area is 136 Å². The lowest BCUT2D eigenvalue weighted by Crippen LogP contribution is -2.40. The van der Waals surface area contributed by atoms with E-state index >= 15 is 0 Å². The minimum atomic E-state index is 0.0482. The molecule has 0 saturated heterocycles. The Bertz CT molecular complexity index is 533. The van der Waals surface area contributed by atoms with Crippen molar-refractivity contribution in [3.8, 4) is 0 Å². The quantitative estimate of drug-likeness (QED) is 0.474. The standard InChI is InChI=1S/C16H24N4OS/c1-3-17-16(18-9-11-22-2)19-12-15(21)20-10-8-13-6-4-5-7-14(13)20/h4-7H,3,8-12H2,1-2H3,(H2,17,18,19). The van der Waals surface area contributed by atoms with Crippen LogP contribution in [0.3, 0.4) is 0 Å². The second-order valence-corrected chi connectivity index (χ2v) is 6.02. The normalized spacial score (nSPS) is 13.9. The van der Waals surface area contributed by atoms with Gasteiger partial charge in [-0.3, -0.25) is 4.79 Å². The van der Waals surface area contributed by atoms with Gasteiger partial charge in [-0.05, 0) is 31.2 Å². The molecule has 0 spiro atoms. The van der Waals surface area contributed by atoms with Crippen molar-refractivity contribution in [3.05, 3.63) is 29.8 Å². The van der Waals surface area contributed by atoms with Gasteiger partial charge in [-0.2, -0.15) is 11.8 Å². The van der Waals surface area contributed by atoms with E-state index < -0.39 is 0 Å². The SMILES string of the molecule is CCNC(=NCC(=O)N1CCc2ccccc21)NCCSC. The summed E-state index contributed by atoms with van der Waals surface area (Å²) in [6.07, 6.45) is 3.00. The first-order valence-corrected chi connectivity index (χ1v) is 9.05. The Balaban J connectivity index is 1.94. The van der Waals surface area contributed by atoms with E-state index in [0.29, 0.717) is 5.96 Å². The number of rotatable bonds is 6. The predicted molar refractivity (Wildman–Crippen MR) is 94.9 cm³/mol. The fourth-order valence-corrected chi connectivity index (χ4v) is 2.75. The summed E-state index contributed by atoms with van der Waals surface area (Å²) in [5.41, 5.74) is 2.27. The van der Waals surface area contributed by atoms with E-state index in [9.17, 15) is 4.79 Å². The van der Waals surface area contributed by atoms with Crippen molar-refractivity contribution in [1.29, 1.82) is 0 Å². The van der Waals surface area contributed by atoms with Gasteiger partial charge < -0.3 is 15.5 Å². The lowest BCUT2D eigenvalue weighted by molar-refractivity contribution is -0.117. The Kier molecular flexibility index (Phi) is 6.58. The Morgan fingerprint density at radius 3 is 2.95 bits per heavy atom. The first kappa shape index (κ1) is 16.7. The van der Waals surface area contributed by atoms with Gasteiger partial charge in [-0.1, -0.05) is 18.2 Å². The fourth-order valence-electron chi connectivity index (χ4n) is 2.44. The summed E-state index contributed by atoms with van der Waals surface area (Å²) >= 11 is 1.78. The Morgan fingerprint density at radius 1 is 1.36 bits per heavy atom. The molecule has 1 aromatic rings.